The van der Waals surface area contributed by atoms with Gasteiger partial charge in [-0.15, -0.1) is 0 Å². The molecule has 3 heterocycles. The number of amides is 1. The molecular weight excluding hydrogens is 514 g/mol. The maximum Gasteiger partial charge on any atom is 0.410 e. The molecule has 39 heavy (non-hydrogen) atoms. The molecule has 1 atom stereocenters. The highest BCUT2D eigenvalue weighted by Crippen LogP contribution is 2.53. The second kappa shape index (κ2) is 11.3. The highest BCUT2D eigenvalue weighted by molar-refractivity contribution is 7.99. The van der Waals surface area contributed by atoms with Gasteiger partial charge in [-0.1, -0.05) is 67.1 Å². The Morgan fingerprint density at radius 1 is 0.821 bits per heavy atom. The summed E-state index contributed by atoms with van der Waals surface area (Å²) in [5.74, 6) is -1.78. The van der Waals surface area contributed by atoms with Gasteiger partial charge in [0.15, 0.2) is 11.6 Å². The number of hydrogen-bond acceptors (Lipinski definition) is 4. The van der Waals surface area contributed by atoms with Gasteiger partial charge in [0.2, 0.25) is 0 Å². The Labute approximate surface area is 233 Å². The first kappa shape index (κ1) is 26.3. The molecule has 3 aliphatic heterocycles. The van der Waals surface area contributed by atoms with Crippen LogP contribution in [0.25, 0.3) is 0 Å². The fourth-order valence-corrected chi connectivity index (χ4v) is 7.80. The standard InChI is InChI=1S/C32H34F2N2O2S/c33-26-14-13-23(21-27(26)34)28-22-38-31(37)36(28)18-8-2-1-7-17-35-19-15-32(16-20-35)24-9-3-5-11-29(24)39-30-12-6-4-10-25(30)32/h3-6,9-14,21,28H,1-2,7-8,15-20,22H2/t28-/m1/s1. The summed E-state index contributed by atoms with van der Waals surface area (Å²) in [6.07, 6.45) is 6.02. The normalized spacial score (nSPS) is 20.1. The fraction of sp³-hybridized carbons (Fsp3) is 0.406. The molecule has 3 aliphatic rings. The number of cyclic esters (lactones) is 1. The summed E-state index contributed by atoms with van der Waals surface area (Å²) < 4.78 is 32.3. The molecule has 2 fully saturated rings. The van der Waals surface area contributed by atoms with Gasteiger partial charge >= 0.3 is 6.09 Å². The average molecular weight is 549 g/mol. The molecule has 7 heteroatoms. The van der Waals surface area contributed by atoms with E-state index in [9.17, 15) is 13.6 Å². The van der Waals surface area contributed by atoms with Crippen molar-refractivity contribution in [3.8, 4) is 0 Å². The van der Waals surface area contributed by atoms with Crippen molar-refractivity contribution in [3.63, 3.8) is 0 Å². The lowest BCUT2D eigenvalue weighted by atomic mass is 9.67. The molecule has 0 bridgehead atoms. The largest absolute Gasteiger partial charge is 0.447 e. The predicted molar refractivity (Wildman–Crippen MR) is 149 cm³/mol. The second-order valence-corrected chi connectivity index (χ2v) is 12.0. The van der Waals surface area contributed by atoms with Gasteiger partial charge in [-0.05, 0) is 86.3 Å². The molecule has 6 rings (SSSR count). The molecule has 0 aliphatic carbocycles. The van der Waals surface area contributed by atoms with E-state index in [0.29, 0.717) is 12.1 Å². The Balaban J connectivity index is 0.977. The monoisotopic (exact) mass is 548 g/mol. The summed E-state index contributed by atoms with van der Waals surface area (Å²) in [6.45, 7) is 4.03. The van der Waals surface area contributed by atoms with Crippen LogP contribution in [0, 0.1) is 11.6 Å². The van der Waals surface area contributed by atoms with Crippen molar-refractivity contribution in [3.05, 3.63) is 95.1 Å². The lowest BCUT2D eigenvalue weighted by molar-refractivity contribution is 0.156. The number of rotatable bonds is 8. The molecule has 2 saturated heterocycles. The third-order valence-electron chi connectivity index (χ3n) is 8.66. The molecule has 3 aromatic carbocycles. The molecule has 0 N–H and O–H groups in total. The van der Waals surface area contributed by atoms with Crippen LogP contribution in [0.4, 0.5) is 13.6 Å². The maximum atomic E-state index is 13.7. The van der Waals surface area contributed by atoms with Crippen LogP contribution < -0.4 is 0 Å². The van der Waals surface area contributed by atoms with E-state index in [1.165, 1.54) is 33.1 Å². The van der Waals surface area contributed by atoms with Crippen LogP contribution in [0.15, 0.2) is 76.5 Å². The molecule has 1 spiro atoms. The number of carbonyl (C=O) groups excluding carboxylic acids is 1. The van der Waals surface area contributed by atoms with Gasteiger partial charge in [-0.25, -0.2) is 13.6 Å². The third kappa shape index (κ3) is 5.19. The molecule has 1 amide bonds. The highest BCUT2D eigenvalue weighted by atomic mass is 32.2. The van der Waals surface area contributed by atoms with E-state index in [4.69, 9.17) is 4.74 Å². The Morgan fingerprint density at radius 3 is 2.13 bits per heavy atom. The lowest BCUT2D eigenvalue weighted by Crippen LogP contribution is -2.44. The number of fused-ring (bicyclic) bond motifs is 4. The van der Waals surface area contributed by atoms with Crippen molar-refractivity contribution < 1.29 is 18.3 Å². The van der Waals surface area contributed by atoms with Gasteiger partial charge in [0, 0.05) is 21.8 Å². The zero-order valence-electron chi connectivity index (χ0n) is 22.1. The molecule has 0 aromatic heterocycles. The molecular formula is C32H34F2N2O2S. The molecule has 0 saturated carbocycles. The number of likely N-dealkylation sites (tertiary alicyclic amines) is 1. The molecule has 0 radical (unpaired) electrons. The molecule has 3 aromatic rings. The van der Waals surface area contributed by atoms with E-state index in [0.717, 1.165) is 64.2 Å². The van der Waals surface area contributed by atoms with Crippen molar-refractivity contribution in [2.75, 3.05) is 32.8 Å². The van der Waals surface area contributed by atoms with Gasteiger partial charge in [0.05, 0.1) is 6.04 Å². The number of halogens is 2. The zero-order chi connectivity index (χ0) is 26.8. The maximum absolute atomic E-state index is 13.7. The quantitative estimate of drug-likeness (QED) is 0.272. The van der Waals surface area contributed by atoms with Crippen LogP contribution in [0.1, 0.15) is 61.3 Å². The topological polar surface area (TPSA) is 32.8 Å². The van der Waals surface area contributed by atoms with Crippen molar-refractivity contribution >= 4 is 17.9 Å². The Morgan fingerprint density at radius 2 is 1.46 bits per heavy atom. The van der Waals surface area contributed by atoms with Gasteiger partial charge in [0.1, 0.15) is 6.61 Å². The van der Waals surface area contributed by atoms with Crippen LogP contribution in [-0.2, 0) is 10.2 Å². The van der Waals surface area contributed by atoms with Crippen LogP contribution in [-0.4, -0.2) is 48.7 Å². The molecule has 204 valence electrons. The minimum absolute atomic E-state index is 0.114. The number of nitrogens with zero attached hydrogens (tertiary/aromatic N) is 2. The number of hydrogen-bond donors (Lipinski definition) is 0. The van der Waals surface area contributed by atoms with Crippen molar-refractivity contribution in [1.29, 1.82) is 0 Å². The first-order valence-electron chi connectivity index (χ1n) is 14.0. The van der Waals surface area contributed by atoms with Crippen LogP contribution in [0.3, 0.4) is 0 Å². The minimum atomic E-state index is -0.897. The number of unbranched alkanes of at least 4 members (excludes halogenated alkanes) is 3. The van der Waals surface area contributed by atoms with Gasteiger partial charge in [0.25, 0.3) is 0 Å². The van der Waals surface area contributed by atoms with E-state index in [2.05, 4.69) is 53.4 Å². The first-order chi connectivity index (χ1) is 19.0. The third-order valence-corrected chi connectivity index (χ3v) is 9.81. The molecule has 4 nitrogen and oxygen atoms in total. The zero-order valence-corrected chi connectivity index (χ0v) is 22.9. The average Bonchev–Trinajstić information content (AvgIpc) is 3.33. The van der Waals surface area contributed by atoms with E-state index in [-0.39, 0.29) is 24.2 Å². The number of benzene rings is 3. The smallest absolute Gasteiger partial charge is 0.410 e. The van der Waals surface area contributed by atoms with Crippen LogP contribution >= 0.6 is 11.8 Å². The van der Waals surface area contributed by atoms with Crippen molar-refractivity contribution in [2.45, 2.75) is 59.8 Å². The van der Waals surface area contributed by atoms with Crippen molar-refractivity contribution in [2.24, 2.45) is 0 Å². The number of carbonyl (C=O) groups is 1. The van der Waals surface area contributed by atoms with Crippen molar-refractivity contribution in [1.82, 2.24) is 9.80 Å². The summed E-state index contributed by atoms with van der Waals surface area (Å²) in [4.78, 5) is 19.3. The van der Waals surface area contributed by atoms with Gasteiger partial charge in [-0.3, -0.25) is 4.90 Å². The Hall–Kier alpha value is -2.90. The highest BCUT2D eigenvalue weighted by Gasteiger charge is 2.43. The molecule has 0 unspecified atom stereocenters. The minimum Gasteiger partial charge on any atom is -0.447 e. The van der Waals surface area contributed by atoms with Gasteiger partial charge in [-0.2, -0.15) is 0 Å². The number of ether oxygens (including phenoxy) is 1. The van der Waals surface area contributed by atoms with E-state index >= 15 is 0 Å². The first-order valence-corrected chi connectivity index (χ1v) is 14.8. The lowest BCUT2D eigenvalue weighted by Gasteiger charge is -2.46. The fourth-order valence-electron chi connectivity index (χ4n) is 6.53. The van der Waals surface area contributed by atoms with Gasteiger partial charge < -0.3 is 9.64 Å². The summed E-state index contributed by atoms with van der Waals surface area (Å²) in [7, 11) is 0. The van der Waals surface area contributed by atoms with Crippen LogP contribution in [0.2, 0.25) is 0 Å². The predicted octanol–water partition coefficient (Wildman–Crippen LogP) is 7.57. The van der Waals surface area contributed by atoms with E-state index < -0.39 is 11.6 Å². The summed E-state index contributed by atoms with van der Waals surface area (Å²) in [5.41, 5.74) is 3.68. The van der Waals surface area contributed by atoms with E-state index in [1.807, 2.05) is 11.8 Å². The second-order valence-electron chi connectivity index (χ2n) is 10.9. The Bertz CT molecular complexity index is 1290. The van der Waals surface area contributed by atoms with E-state index in [1.54, 1.807) is 4.90 Å². The summed E-state index contributed by atoms with van der Waals surface area (Å²) in [5, 5.41) is 0. The summed E-state index contributed by atoms with van der Waals surface area (Å²) in [6, 6.07) is 21.3. The summed E-state index contributed by atoms with van der Waals surface area (Å²) >= 11 is 1.90. The SMILES string of the molecule is O=C1OC[C@H](c2ccc(F)c(F)c2)N1CCCCCCN1CCC2(CC1)c1ccccc1Sc1ccccc12. The Kier molecular flexibility index (Phi) is 7.63. The number of piperidine rings is 1. The van der Waals surface area contributed by atoms with Crippen LogP contribution in [0.5, 0.6) is 0 Å².